The van der Waals surface area contributed by atoms with Crippen LogP contribution in [-0.4, -0.2) is 16.9 Å². The number of benzene rings is 2. The number of hydrogen-bond donors (Lipinski definition) is 2. The molecule has 2 aromatic carbocycles. The van der Waals surface area contributed by atoms with Crippen LogP contribution in [0, 0.1) is 0 Å². The summed E-state index contributed by atoms with van der Waals surface area (Å²) in [5.41, 5.74) is 8.40. The molecule has 1 saturated heterocycles. The fourth-order valence-electron chi connectivity index (χ4n) is 2.24. The van der Waals surface area contributed by atoms with Crippen LogP contribution < -0.4 is 11.1 Å². The van der Waals surface area contributed by atoms with Crippen LogP contribution in [0.3, 0.4) is 0 Å². The van der Waals surface area contributed by atoms with Gasteiger partial charge in [-0.1, -0.05) is 42.5 Å². The van der Waals surface area contributed by atoms with Gasteiger partial charge in [-0.3, -0.25) is 19.7 Å². The molecular weight excluding hydrogens is 336 g/mol. The minimum Gasteiger partial charge on any atom is -0.399 e. The summed E-state index contributed by atoms with van der Waals surface area (Å²) >= 11 is 0.878. The number of carbonyl (C=O) groups excluding carboxylic acids is 3. The molecule has 0 radical (unpaired) electrons. The molecule has 25 heavy (non-hydrogen) atoms. The van der Waals surface area contributed by atoms with E-state index in [4.69, 9.17) is 5.73 Å². The summed E-state index contributed by atoms with van der Waals surface area (Å²) in [6.45, 7) is 0. The van der Waals surface area contributed by atoms with Crippen molar-refractivity contribution in [1.29, 1.82) is 0 Å². The van der Waals surface area contributed by atoms with Gasteiger partial charge in [0.1, 0.15) is 0 Å². The van der Waals surface area contributed by atoms with Crippen molar-refractivity contribution in [1.82, 2.24) is 5.32 Å². The number of ketones is 1. The largest absolute Gasteiger partial charge is 0.399 e. The highest BCUT2D eigenvalue weighted by Crippen LogP contribution is 2.25. The summed E-state index contributed by atoms with van der Waals surface area (Å²) in [4.78, 5) is 35.1. The molecule has 0 saturated carbocycles. The van der Waals surface area contributed by atoms with E-state index in [1.54, 1.807) is 36.4 Å². The lowest BCUT2D eigenvalue weighted by atomic mass is 10.1. The first-order chi connectivity index (χ1) is 12.0. The number of allylic oxidation sites excluding steroid dienone is 1. The van der Waals surface area contributed by atoms with Crippen LogP contribution >= 0.6 is 11.8 Å². The molecule has 0 spiro atoms. The Balaban J connectivity index is 1.70. The Morgan fingerprint density at radius 2 is 1.76 bits per heavy atom. The van der Waals surface area contributed by atoms with E-state index in [0.29, 0.717) is 16.2 Å². The number of rotatable bonds is 4. The van der Waals surface area contributed by atoms with Gasteiger partial charge in [-0.15, -0.1) is 0 Å². The summed E-state index contributed by atoms with van der Waals surface area (Å²) in [7, 11) is 0. The number of thioether (sulfide) groups is 1. The van der Waals surface area contributed by atoms with E-state index in [2.05, 4.69) is 5.32 Å². The molecule has 1 aliphatic heterocycles. The molecule has 2 amide bonds. The Labute approximate surface area is 148 Å². The van der Waals surface area contributed by atoms with Crippen LogP contribution in [0.25, 0.3) is 12.2 Å². The van der Waals surface area contributed by atoms with Gasteiger partial charge in [0, 0.05) is 11.3 Å². The molecule has 0 unspecified atom stereocenters. The molecule has 0 bridgehead atoms. The maximum Gasteiger partial charge on any atom is 0.290 e. The van der Waals surface area contributed by atoms with Crippen molar-refractivity contribution < 1.29 is 14.4 Å². The molecule has 1 aliphatic rings. The highest BCUT2D eigenvalue weighted by atomic mass is 32.2. The number of hydrogen-bond acceptors (Lipinski definition) is 5. The molecule has 0 atom stereocenters. The first-order valence-corrected chi connectivity index (χ1v) is 8.26. The van der Waals surface area contributed by atoms with Gasteiger partial charge < -0.3 is 5.73 Å². The van der Waals surface area contributed by atoms with Crippen LogP contribution in [-0.2, 0) is 4.79 Å². The second kappa shape index (κ2) is 7.19. The van der Waals surface area contributed by atoms with Crippen LogP contribution in [0.4, 0.5) is 10.5 Å². The second-order valence-electron chi connectivity index (χ2n) is 5.34. The van der Waals surface area contributed by atoms with Gasteiger partial charge in [0.25, 0.3) is 11.1 Å². The molecule has 124 valence electrons. The third-order valence-electron chi connectivity index (χ3n) is 3.47. The first kappa shape index (κ1) is 16.7. The zero-order valence-corrected chi connectivity index (χ0v) is 13.9. The van der Waals surface area contributed by atoms with Crippen LogP contribution in [0.1, 0.15) is 21.5 Å². The fraction of sp³-hybridized carbons (Fsp3) is 0. The van der Waals surface area contributed by atoms with Crippen molar-refractivity contribution >= 4 is 46.5 Å². The zero-order chi connectivity index (χ0) is 17.8. The topological polar surface area (TPSA) is 89.3 Å². The summed E-state index contributed by atoms with van der Waals surface area (Å²) in [5, 5.41) is 1.85. The van der Waals surface area contributed by atoms with Gasteiger partial charge in [-0.2, -0.15) is 0 Å². The quantitative estimate of drug-likeness (QED) is 0.500. The summed E-state index contributed by atoms with van der Waals surface area (Å²) in [6, 6.07) is 14.1. The van der Waals surface area contributed by atoms with Crippen LogP contribution in [0.5, 0.6) is 0 Å². The molecule has 5 nitrogen and oxygen atoms in total. The second-order valence-corrected chi connectivity index (χ2v) is 6.36. The highest BCUT2D eigenvalue weighted by Gasteiger charge is 2.24. The Morgan fingerprint density at radius 3 is 2.40 bits per heavy atom. The minimum atomic E-state index is -0.383. The van der Waals surface area contributed by atoms with Crippen molar-refractivity contribution in [2.24, 2.45) is 0 Å². The Morgan fingerprint density at radius 1 is 1.04 bits per heavy atom. The van der Waals surface area contributed by atoms with Gasteiger partial charge in [-0.05, 0) is 47.2 Å². The summed E-state index contributed by atoms with van der Waals surface area (Å²) in [5.74, 6) is -0.511. The molecule has 3 N–H and O–H groups in total. The minimum absolute atomic E-state index is 0.129. The standard InChI is InChI=1S/C19H14N2O3S/c20-15-3-1-2-14(11-15)16(22)9-8-12-4-6-13(7-5-12)10-17-18(23)21-19(24)25-17/h1-11H,20H2,(H,21,23,24)/b9-8+,17-10-. The molecule has 2 aromatic rings. The SMILES string of the molecule is Nc1cccc(C(=O)/C=C/c2ccc(/C=C3\SC(=O)NC3=O)cc2)c1. The highest BCUT2D eigenvalue weighted by molar-refractivity contribution is 8.18. The smallest absolute Gasteiger partial charge is 0.290 e. The lowest BCUT2D eigenvalue weighted by molar-refractivity contribution is -0.115. The van der Waals surface area contributed by atoms with Gasteiger partial charge >= 0.3 is 0 Å². The molecule has 0 aliphatic carbocycles. The van der Waals surface area contributed by atoms with Gasteiger partial charge in [-0.25, -0.2) is 0 Å². The maximum atomic E-state index is 12.1. The zero-order valence-electron chi connectivity index (χ0n) is 13.1. The van der Waals surface area contributed by atoms with Crippen molar-refractivity contribution in [3.05, 3.63) is 76.2 Å². The van der Waals surface area contributed by atoms with E-state index in [-0.39, 0.29) is 16.9 Å². The number of amides is 2. The first-order valence-electron chi connectivity index (χ1n) is 7.44. The lowest BCUT2D eigenvalue weighted by Gasteiger charge is -1.99. The Hall–Kier alpha value is -3.12. The summed E-state index contributed by atoms with van der Waals surface area (Å²) < 4.78 is 0. The number of nitrogen functional groups attached to an aromatic ring is 1. The summed E-state index contributed by atoms with van der Waals surface area (Å²) in [6.07, 6.45) is 4.85. The van der Waals surface area contributed by atoms with Gasteiger partial charge in [0.15, 0.2) is 5.78 Å². The average molecular weight is 350 g/mol. The molecule has 1 heterocycles. The maximum absolute atomic E-state index is 12.1. The number of carbonyl (C=O) groups is 3. The predicted octanol–water partition coefficient (Wildman–Crippen LogP) is 3.49. The van der Waals surface area contributed by atoms with E-state index in [1.807, 2.05) is 24.3 Å². The molecule has 6 heteroatoms. The lowest BCUT2D eigenvalue weighted by Crippen LogP contribution is -2.17. The van der Waals surface area contributed by atoms with Gasteiger partial charge in [0.05, 0.1) is 4.91 Å². The number of nitrogens with one attached hydrogen (secondary N) is 1. The van der Waals surface area contributed by atoms with E-state index < -0.39 is 0 Å². The van der Waals surface area contributed by atoms with Crippen molar-refractivity contribution in [3.8, 4) is 0 Å². The number of anilines is 1. The third kappa shape index (κ3) is 4.24. The number of imide groups is 1. The van der Waals surface area contributed by atoms with Crippen molar-refractivity contribution in [2.75, 3.05) is 5.73 Å². The van der Waals surface area contributed by atoms with E-state index in [0.717, 1.165) is 22.9 Å². The third-order valence-corrected chi connectivity index (χ3v) is 4.29. The van der Waals surface area contributed by atoms with E-state index in [9.17, 15) is 14.4 Å². The van der Waals surface area contributed by atoms with E-state index >= 15 is 0 Å². The molecule has 3 rings (SSSR count). The number of nitrogens with two attached hydrogens (primary N) is 1. The van der Waals surface area contributed by atoms with Gasteiger partial charge in [0.2, 0.25) is 0 Å². The monoisotopic (exact) mass is 350 g/mol. The Bertz CT molecular complexity index is 915. The van der Waals surface area contributed by atoms with E-state index in [1.165, 1.54) is 6.08 Å². The van der Waals surface area contributed by atoms with Crippen molar-refractivity contribution in [3.63, 3.8) is 0 Å². The predicted molar refractivity (Wildman–Crippen MR) is 99.8 cm³/mol. The molecular formula is C19H14N2O3S. The molecule has 0 aromatic heterocycles. The Kier molecular flexibility index (Phi) is 4.81. The van der Waals surface area contributed by atoms with Crippen LogP contribution in [0.2, 0.25) is 0 Å². The van der Waals surface area contributed by atoms with Crippen LogP contribution in [0.15, 0.2) is 59.5 Å². The average Bonchev–Trinajstić information content (AvgIpc) is 2.91. The normalized spacial score (nSPS) is 15.8. The molecule has 1 fully saturated rings. The van der Waals surface area contributed by atoms with Crippen molar-refractivity contribution in [2.45, 2.75) is 0 Å². The fourth-order valence-corrected chi connectivity index (χ4v) is 2.92.